The Morgan fingerprint density at radius 2 is 1.91 bits per heavy atom. The van der Waals surface area contributed by atoms with Crippen LogP contribution in [0.2, 0.25) is 0 Å². The summed E-state index contributed by atoms with van der Waals surface area (Å²) in [5.41, 5.74) is 9.27. The van der Waals surface area contributed by atoms with Gasteiger partial charge in [-0.25, -0.2) is 19.3 Å². The van der Waals surface area contributed by atoms with Crippen molar-refractivity contribution >= 4 is 23.7 Å². The Hall–Kier alpha value is -4.01. The van der Waals surface area contributed by atoms with Crippen LogP contribution in [-0.2, 0) is 4.79 Å². The Labute approximate surface area is 184 Å². The molecule has 1 fully saturated rings. The van der Waals surface area contributed by atoms with Gasteiger partial charge in [0.15, 0.2) is 0 Å². The van der Waals surface area contributed by atoms with E-state index in [4.69, 9.17) is 5.73 Å². The number of nitrogens with zero attached hydrogens (tertiary/aromatic N) is 5. The minimum atomic E-state index is -0.329. The second kappa shape index (κ2) is 9.42. The third-order valence-electron chi connectivity index (χ3n) is 5.25. The van der Waals surface area contributed by atoms with Crippen LogP contribution in [0.1, 0.15) is 12.8 Å². The molecular weight excluding hydrogens is 409 g/mol. The molecular formula is C23H24FN7O. The number of carbonyl (C=O) groups is 1. The fraction of sp³-hybridized carbons (Fsp3) is 0.217. The van der Waals surface area contributed by atoms with Crippen LogP contribution in [0.25, 0.3) is 28.2 Å². The van der Waals surface area contributed by atoms with Crippen molar-refractivity contribution in [2.75, 3.05) is 31.2 Å². The minimum Gasteiger partial charge on any atom is -0.388 e. The fourth-order valence-electron chi connectivity index (χ4n) is 3.52. The van der Waals surface area contributed by atoms with Crippen molar-refractivity contribution in [2.45, 2.75) is 12.8 Å². The Morgan fingerprint density at radius 3 is 2.59 bits per heavy atom. The third kappa shape index (κ3) is 4.66. The number of pyridine rings is 1. The molecule has 3 N–H and O–H groups in total. The van der Waals surface area contributed by atoms with Gasteiger partial charge in [-0.1, -0.05) is 0 Å². The molecule has 1 saturated heterocycles. The van der Waals surface area contributed by atoms with Crippen LogP contribution in [0.3, 0.4) is 0 Å². The summed E-state index contributed by atoms with van der Waals surface area (Å²) in [5, 5.41) is 3.00. The molecule has 4 heterocycles. The van der Waals surface area contributed by atoms with Gasteiger partial charge >= 0.3 is 0 Å². The Balaban J connectivity index is 0.000000300. The molecule has 1 aliphatic rings. The van der Waals surface area contributed by atoms with Gasteiger partial charge in [0.25, 0.3) is 0 Å². The number of rotatable bonds is 4. The van der Waals surface area contributed by atoms with E-state index in [1.165, 1.54) is 18.9 Å². The van der Waals surface area contributed by atoms with Crippen molar-refractivity contribution in [1.82, 2.24) is 24.3 Å². The molecule has 32 heavy (non-hydrogen) atoms. The molecule has 0 saturated carbocycles. The molecule has 8 nitrogen and oxygen atoms in total. The summed E-state index contributed by atoms with van der Waals surface area (Å²) in [6, 6.07) is 8.45. The number of halogens is 1. The maximum Gasteiger partial charge on any atom is 0.234 e. The van der Waals surface area contributed by atoms with Crippen molar-refractivity contribution in [3.63, 3.8) is 0 Å². The first-order valence-corrected chi connectivity index (χ1v) is 10.3. The number of likely N-dealkylation sites (tertiary alicyclic amines) is 1. The highest BCUT2D eigenvalue weighted by Gasteiger charge is 2.12. The van der Waals surface area contributed by atoms with E-state index in [-0.39, 0.29) is 5.82 Å². The first-order valence-electron chi connectivity index (χ1n) is 10.3. The highest BCUT2D eigenvalue weighted by Crippen LogP contribution is 2.26. The Kier molecular flexibility index (Phi) is 6.25. The van der Waals surface area contributed by atoms with E-state index >= 15 is 0 Å². The van der Waals surface area contributed by atoms with E-state index in [1.54, 1.807) is 53.1 Å². The van der Waals surface area contributed by atoms with Crippen LogP contribution >= 0.6 is 0 Å². The van der Waals surface area contributed by atoms with Crippen molar-refractivity contribution < 1.29 is 9.18 Å². The van der Waals surface area contributed by atoms with Crippen LogP contribution < -0.4 is 11.1 Å². The van der Waals surface area contributed by atoms with Crippen molar-refractivity contribution in [1.29, 1.82) is 0 Å². The highest BCUT2D eigenvalue weighted by molar-refractivity contribution is 5.69. The second-order valence-electron chi connectivity index (χ2n) is 7.44. The van der Waals surface area contributed by atoms with Crippen LogP contribution in [0.15, 0.2) is 55.1 Å². The van der Waals surface area contributed by atoms with Gasteiger partial charge in [-0.3, -0.25) is 9.20 Å². The lowest BCUT2D eigenvalue weighted by Gasteiger charge is -2.03. The largest absolute Gasteiger partial charge is 0.388 e. The zero-order chi connectivity index (χ0) is 22.5. The topological polar surface area (TPSA) is 101 Å². The van der Waals surface area contributed by atoms with Gasteiger partial charge in [0.05, 0.1) is 5.69 Å². The highest BCUT2D eigenvalue weighted by atomic mass is 19.1. The number of imidazole rings is 1. The van der Waals surface area contributed by atoms with Crippen LogP contribution in [-0.4, -0.2) is 50.8 Å². The monoisotopic (exact) mass is 433 g/mol. The van der Waals surface area contributed by atoms with Crippen LogP contribution in [0.5, 0.6) is 0 Å². The number of aromatic nitrogens is 4. The molecule has 0 unspecified atom stereocenters. The molecule has 0 radical (unpaired) electrons. The molecule has 0 aliphatic carbocycles. The Bertz CT molecular complexity index is 1230. The molecule has 0 atom stereocenters. The predicted octanol–water partition coefficient (Wildman–Crippen LogP) is 3.46. The summed E-state index contributed by atoms with van der Waals surface area (Å²) >= 11 is 0. The molecule has 1 aliphatic heterocycles. The standard InChI is InChI=1S/C18H15FN6.C5H9NO/c1-21-13-2-3-15(19)14(7-13)16-10-25-9-12(8-23-18(25)24-16)11-4-5-22-17(20)6-11;7-5-6-3-1-2-4-6/h2-10,21H,1H3,(H2,20,22);5H,1-4H2. The van der Waals surface area contributed by atoms with Crippen LogP contribution in [0, 0.1) is 5.82 Å². The van der Waals surface area contributed by atoms with Gasteiger partial charge in [-0.2, -0.15) is 0 Å². The molecule has 164 valence electrons. The van der Waals surface area contributed by atoms with E-state index in [0.29, 0.717) is 22.9 Å². The SMILES string of the molecule is CNc1ccc(F)c(-c2cn3cc(-c4ccnc(N)c4)cnc3n2)c1.O=CN1CCCC1. The average Bonchev–Trinajstić information content (AvgIpc) is 3.49. The number of anilines is 2. The Morgan fingerprint density at radius 1 is 1.09 bits per heavy atom. The quantitative estimate of drug-likeness (QED) is 0.478. The molecule has 9 heteroatoms. The van der Waals surface area contributed by atoms with Crippen molar-refractivity contribution in [3.8, 4) is 22.4 Å². The number of carbonyl (C=O) groups excluding carboxylic acids is 1. The smallest absolute Gasteiger partial charge is 0.234 e. The second-order valence-corrected chi connectivity index (χ2v) is 7.44. The molecule has 0 bridgehead atoms. The zero-order valence-corrected chi connectivity index (χ0v) is 17.7. The number of benzene rings is 1. The summed E-state index contributed by atoms with van der Waals surface area (Å²) in [4.78, 5) is 24.5. The first kappa shape index (κ1) is 21.2. The predicted molar refractivity (Wildman–Crippen MR) is 122 cm³/mol. The number of hydrogen-bond donors (Lipinski definition) is 2. The summed E-state index contributed by atoms with van der Waals surface area (Å²) in [6.07, 6.45) is 10.3. The third-order valence-corrected chi connectivity index (χ3v) is 5.25. The van der Waals surface area contributed by atoms with E-state index in [0.717, 1.165) is 36.3 Å². The molecule has 4 aromatic rings. The van der Waals surface area contributed by atoms with Gasteiger partial charge in [0, 0.05) is 61.7 Å². The number of hydrogen-bond acceptors (Lipinski definition) is 6. The maximum absolute atomic E-state index is 14.2. The van der Waals surface area contributed by atoms with Gasteiger partial charge in [0.1, 0.15) is 11.6 Å². The lowest BCUT2D eigenvalue weighted by Crippen LogP contribution is -2.15. The van der Waals surface area contributed by atoms with E-state index < -0.39 is 0 Å². The van der Waals surface area contributed by atoms with E-state index in [9.17, 15) is 9.18 Å². The molecule has 1 aromatic carbocycles. The number of fused-ring (bicyclic) bond motifs is 1. The molecule has 3 aromatic heterocycles. The normalized spacial score (nSPS) is 13.0. The lowest BCUT2D eigenvalue weighted by atomic mass is 10.1. The molecule has 5 rings (SSSR count). The number of amides is 1. The summed E-state index contributed by atoms with van der Waals surface area (Å²) in [5.74, 6) is 0.606. The maximum atomic E-state index is 14.2. The summed E-state index contributed by atoms with van der Waals surface area (Å²) in [6.45, 7) is 1.95. The molecule has 0 spiro atoms. The van der Waals surface area contributed by atoms with Crippen LogP contribution in [0.4, 0.5) is 15.9 Å². The van der Waals surface area contributed by atoms with E-state index in [1.807, 2.05) is 12.3 Å². The first-order chi connectivity index (χ1) is 15.6. The average molecular weight is 433 g/mol. The summed E-state index contributed by atoms with van der Waals surface area (Å²) in [7, 11) is 1.79. The van der Waals surface area contributed by atoms with Crippen molar-refractivity contribution in [3.05, 3.63) is 60.9 Å². The minimum absolute atomic E-state index is 0.329. The summed E-state index contributed by atoms with van der Waals surface area (Å²) < 4.78 is 16.0. The zero-order valence-electron chi connectivity index (χ0n) is 17.7. The molecule has 1 amide bonds. The number of nitrogens with one attached hydrogen (secondary N) is 1. The number of nitrogen functional groups attached to an aromatic ring is 1. The van der Waals surface area contributed by atoms with Gasteiger partial charge in [-0.15, -0.1) is 0 Å². The van der Waals surface area contributed by atoms with Gasteiger partial charge in [-0.05, 0) is 48.7 Å². The van der Waals surface area contributed by atoms with Gasteiger partial charge in [0.2, 0.25) is 12.2 Å². The lowest BCUT2D eigenvalue weighted by molar-refractivity contribution is -0.117. The fourth-order valence-corrected chi connectivity index (χ4v) is 3.52. The number of nitrogens with two attached hydrogens (primary N) is 1. The van der Waals surface area contributed by atoms with E-state index in [2.05, 4.69) is 20.3 Å². The van der Waals surface area contributed by atoms with Gasteiger partial charge < -0.3 is 16.0 Å². The van der Waals surface area contributed by atoms with Crippen molar-refractivity contribution in [2.24, 2.45) is 0 Å².